The van der Waals surface area contributed by atoms with Gasteiger partial charge in [0.2, 0.25) is 0 Å². The lowest BCUT2D eigenvalue weighted by molar-refractivity contribution is 0.0255. The number of morpholine rings is 1. The van der Waals surface area contributed by atoms with E-state index < -0.39 is 17.6 Å². The van der Waals surface area contributed by atoms with Gasteiger partial charge in [-0.15, -0.1) is 0 Å². The molecule has 1 saturated heterocycles. The molecule has 1 fully saturated rings. The monoisotopic (exact) mass is 378 g/mol. The van der Waals surface area contributed by atoms with Gasteiger partial charge >= 0.3 is 0 Å². The molecule has 4 N–H and O–H groups in total. The molecule has 7 nitrogen and oxygen atoms in total. The highest BCUT2D eigenvalue weighted by Crippen LogP contribution is 2.24. The Labute approximate surface area is 153 Å². The summed E-state index contributed by atoms with van der Waals surface area (Å²) in [6.07, 6.45) is -0.370. The van der Waals surface area contributed by atoms with E-state index in [4.69, 9.17) is 22.1 Å². The first-order chi connectivity index (χ1) is 12.4. The predicted molar refractivity (Wildman–Crippen MR) is 93.7 cm³/mol. The van der Waals surface area contributed by atoms with Crippen LogP contribution in [0.5, 0.6) is 0 Å². The largest absolute Gasteiger partial charge is 0.371 e. The number of pyridine rings is 1. The molecule has 1 aromatic carbocycles. The number of amides is 2. The van der Waals surface area contributed by atoms with Crippen LogP contribution in [0.15, 0.2) is 30.3 Å². The van der Waals surface area contributed by atoms with Gasteiger partial charge in [0, 0.05) is 29.9 Å². The normalized spacial score (nSPS) is 16.9. The standard InChI is InChI=1S/C17H16ClFN4O3/c18-15-6-9(5-13(23-15)16(20)24)17(25)22-10-1-2-11(12(19)7-10)14-8-21-3-4-26-14/h1-2,5-7,14,21H,3-4,8H2,(H2,20,24)(H,22,25)/t14-/m1/s1. The molecule has 0 radical (unpaired) electrons. The van der Waals surface area contributed by atoms with Crippen molar-refractivity contribution in [1.29, 1.82) is 0 Å². The van der Waals surface area contributed by atoms with Crippen molar-refractivity contribution in [2.45, 2.75) is 6.10 Å². The molecule has 26 heavy (non-hydrogen) atoms. The number of aromatic nitrogens is 1. The van der Waals surface area contributed by atoms with Crippen LogP contribution < -0.4 is 16.4 Å². The summed E-state index contributed by atoms with van der Waals surface area (Å²) < 4.78 is 19.9. The van der Waals surface area contributed by atoms with Gasteiger partial charge in [0.05, 0.1) is 12.7 Å². The zero-order valence-corrected chi connectivity index (χ0v) is 14.3. The molecule has 0 spiro atoms. The number of primary amides is 1. The lowest BCUT2D eigenvalue weighted by Gasteiger charge is -2.24. The van der Waals surface area contributed by atoms with Crippen LogP contribution >= 0.6 is 11.6 Å². The molecule has 1 aliphatic heterocycles. The molecular formula is C17H16ClFN4O3. The van der Waals surface area contributed by atoms with Crippen molar-refractivity contribution in [2.75, 3.05) is 25.0 Å². The average molecular weight is 379 g/mol. The van der Waals surface area contributed by atoms with Crippen LogP contribution in [-0.2, 0) is 4.74 Å². The smallest absolute Gasteiger partial charge is 0.267 e. The molecule has 0 saturated carbocycles. The van der Waals surface area contributed by atoms with Crippen molar-refractivity contribution in [1.82, 2.24) is 10.3 Å². The van der Waals surface area contributed by atoms with E-state index in [1.165, 1.54) is 18.2 Å². The van der Waals surface area contributed by atoms with Crippen LogP contribution in [0, 0.1) is 5.82 Å². The fraction of sp³-hybridized carbons (Fsp3) is 0.235. The summed E-state index contributed by atoms with van der Waals surface area (Å²) in [6, 6.07) is 6.86. The Bertz CT molecular complexity index is 856. The molecule has 0 aliphatic carbocycles. The second-order valence-corrected chi connectivity index (χ2v) is 6.07. The summed E-state index contributed by atoms with van der Waals surface area (Å²) in [7, 11) is 0. The minimum absolute atomic E-state index is 0.0464. The van der Waals surface area contributed by atoms with Gasteiger partial charge in [0.1, 0.15) is 16.7 Å². The highest BCUT2D eigenvalue weighted by molar-refractivity contribution is 6.30. The summed E-state index contributed by atoms with van der Waals surface area (Å²) in [4.78, 5) is 27.3. The third-order valence-electron chi connectivity index (χ3n) is 3.84. The summed E-state index contributed by atoms with van der Waals surface area (Å²) in [6.45, 7) is 1.76. The summed E-state index contributed by atoms with van der Waals surface area (Å²) in [5.74, 6) is -1.86. The molecule has 2 aromatic rings. The molecule has 136 valence electrons. The number of benzene rings is 1. The molecule has 3 rings (SSSR count). The molecule has 9 heteroatoms. The van der Waals surface area contributed by atoms with Crippen LogP contribution in [0.4, 0.5) is 10.1 Å². The van der Waals surface area contributed by atoms with Crippen LogP contribution in [0.25, 0.3) is 0 Å². The number of nitrogens with two attached hydrogens (primary N) is 1. The summed E-state index contributed by atoms with van der Waals surface area (Å²) >= 11 is 5.79. The van der Waals surface area contributed by atoms with Crippen molar-refractivity contribution >= 4 is 29.1 Å². The Balaban J connectivity index is 1.77. The highest BCUT2D eigenvalue weighted by Gasteiger charge is 2.20. The van der Waals surface area contributed by atoms with Gasteiger partial charge in [-0.05, 0) is 24.3 Å². The Kier molecular flexibility index (Phi) is 5.46. The number of hydrogen-bond acceptors (Lipinski definition) is 5. The maximum atomic E-state index is 14.4. The first-order valence-electron chi connectivity index (χ1n) is 7.84. The maximum absolute atomic E-state index is 14.4. The van der Waals surface area contributed by atoms with Crippen molar-refractivity contribution < 1.29 is 18.7 Å². The van der Waals surface area contributed by atoms with E-state index in [0.29, 0.717) is 18.7 Å². The Morgan fingerprint density at radius 2 is 2.15 bits per heavy atom. The van der Waals surface area contributed by atoms with E-state index in [2.05, 4.69) is 15.6 Å². The second kappa shape index (κ2) is 7.77. The fourth-order valence-electron chi connectivity index (χ4n) is 2.59. The van der Waals surface area contributed by atoms with E-state index >= 15 is 0 Å². The number of nitrogens with one attached hydrogen (secondary N) is 2. The van der Waals surface area contributed by atoms with Crippen LogP contribution in [0.3, 0.4) is 0 Å². The van der Waals surface area contributed by atoms with Gasteiger partial charge in [-0.25, -0.2) is 9.37 Å². The van der Waals surface area contributed by atoms with Gasteiger partial charge < -0.3 is 21.1 Å². The number of anilines is 1. The van der Waals surface area contributed by atoms with Gasteiger partial charge in [0.25, 0.3) is 11.8 Å². The van der Waals surface area contributed by atoms with E-state index in [1.807, 2.05) is 0 Å². The van der Waals surface area contributed by atoms with Crippen molar-refractivity contribution in [2.24, 2.45) is 5.73 Å². The SMILES string of the molecule is NC(=O)c1cc(C(=O)Nc2ccc([C@H]3CNCCO3)c(F)c2)cc(Cl)n1. The highest BCUT2D eigenvalue weighted by atomic mass is 35.5. The Morgan fingerprint density at radius 3 is 2.81 bits per heavy atom. The molecule has 1 atom stereocenters. The van der Waals surface area contributed by atoms with Crippen LogP contribution in [0.1, 0.15) is 32.5 Å². The molecule has 2 amide bonds. The topological polar surface area (TPSA) is 106 Å². The van der Waals surface area contributed by atoms with E-state index in [-0.39, 0.29) is 28.2 Å². The minimum Gasteiger partial charge on any atom is -0.371 e. The number of hydrogen-bond donors (Lipinski definition) is 3. The zero-order chi connectivity index (χ0) is 18.7. The number of ether oxygens (including phenoxy) is 1. The van der Waals surface area contributed by atoms with Crippen LogP contribution in [-0.4, -0.2) is 36.5 Å². The van der Waals surface area contributed by atoms with Gasteiger partial charge in [-0.1, -0.05) is 17.7 Å². The third-order valence-corrected chi connectivity index (χ3v) is 4.04. The van der Waals surface area contributed by atoms with E-state index in [1.54, 1.807) is 12.1 Å². The zero-order valence-electron chi connectivity index (χ0n) is 13.6. The van der Waals surface area contributed by atoms with Gasteiger partial charge in [-0.3, -0.25) is 9.59 Å². The molecule has 0 bridgehead atoms. The first-order valence-corrected chi connectivity index (χ1v) is 8.22. The number of halogens is 2. The summed E-state index contributed by atoms with van der Waals surface area (Å²) in [5, 5.41) is 5.63. The van der Waals surface area contributed by atoms with E-state index in [9.17, 15) is 14.0 Å². The lowest BCUT2D eigenvalue weighted by atomic mass is 10.1. The quantitative estimate of drug-likeness (QED) is 0.704. The molecule has 1 aromatic heterocycles. The number of carbonyl (C=O) groups excluding carboxylic acids is 2. The number of rotatable bonds is 4. The van der Waals surface area contributed by atoms with Crippen LogP contribution in [0.2, 0.25) is 5.15 Å². The number of carbonyl (C=O) groups is 2. The van der Waals surface area contributed by atoms with Crippen molar-refractivity contribution in [3.63, 3.8) is 0 Å². The van der Waals surface area contributed by atoms with E-state index in [0.717, 1.165) is 6.54 Å². The Morgan fingerprint density at radius 1 is 1.35 bits per heavy atom. The second-order valence-electron chi connectivity index (χ2n) is 5.68. The minimum atomic E-state index is -0.807. The average Bonchev–Trinajstić information content (AvgIpc) is 2.62. The van der Waals surface area contributed by atoms with Gasteiger partial charge in [0.15, 0.2) is 0 Å². The van der Waals surface area contributed by atoms with Gasteiger partial charge in [-0.2, -0.15) is 0 Å². The Hall–Kier alpha value is -2.55. The first kappa shape index (κ1) is 18.2. The molecular weight excluding hydrogens is 363 g/mol. The third kappa shape index (κ3) is 4.16. The van der Waals surface area contributed by atoms with Crippen molar-refractivity contribution in [3.8, 4) is 0 Å². The fourth-order valence-corrected chi connectivity index (χ4v) is 2.80. The molecule has 2 heterocycles. The molecule has 0 unspecified atom stereocenters. The maximum Gasteiger partial charge on any atom is 0.267 e. The van der Waals surface area contributed by atoms with Crippen molar-refractivity contribution in [3.05, 3.63) is 58.1 Å². The molecule has 1 aliphatic rings. The number of nitrogens with zero attached hydrogens (tertiary/aromatic N) is 1. The predicted octanol–water partition coefficient (Wildman–Crippen LogP) is 1.89. The summed E-state index contributed by atoms with van der Waals surface area (Å²) in [5.41, 5.74) is 5.78. The lowest BCUT2D eigenvalue weighted by Crippen LogP contribution is -2.33.